The van der Waals surface area contributed by atoms with Gasteiger partial charge in [-0.3, -0.25) is 4.79 Å². The average Bonchev–Trinajstić information content (AvgIpc) is 2.33. The quantitative estimate of drug-likeness (QED) is 0.544. The number of hydrogen-bond donors (Lipinski definition) is 2. The topological polar surface area (TPSA) is 89.4 Å². The van der Waals surface area contributed by atoms with E-state index in [4.69, 9.17) is 11.5 Å². The number of carbonyl (C=O) groups excluding carboxylic acids is 2. The van der Waals surface area contributed by atoms with Crippen molar-refractivity contribution in [1.29, 1.82) is 0 Å². The van der Waals surface area contributed by atoms with E-state index in [1.807, 2.05) is 0 Å². The summed E-state index contributed by atoms with van der Waals surface area (Å²) in [5, 5.41) is 0. The molecule has 0 aromatic heterocycles. The number of nitrogens with two attached hydrogens (primary N) is 2. The first kappa shape index (κ1) is 8.83. The Kier molecular flexibility index (Phi) is 1.95. The van der Waals surface area contributed by atoms with Crippen molar-refractivity contribution in [2.24, 2.45) is 16.9 Å². The molecule has 0 spiro atoms. The summed E-state index contributed by atoms with van der Waals surface area (Å²) >= 11 is 0. The van der Waals surface area contributed by atoms with Gasteiger partial charge in [0.2, 0.25) is 5.91 Å². The highest BCUT2D eigenvalue weighted by Gasteiger charge is 2.39. The first-order valence-electron chi connectivity index (χ1n) is 3.80. The third-order valence-corrected chi connectivity index (χ3v) is 2.38. The fourth-order valence-corrected chi connectivity index (χ4v) is 1.35. The first-order chi connectivity index (χ1) is 5.46. The molecule has 3 amide bonds. The van der Waals surface area contributed by atoms with Gasteiger partial charge in [-0.2, -0.15) is 0 Å². The van der Waals surface area contributed by atoms with Gasteiger partial charge in [-0.1, -0.05) is 0 Å². The summed E-state index contributed by atoms with van der Waals surface area (Å²) in [6, 6.07) is -0.486. The van der Waals surface area contributed by atoms with Crippen molar-refractivity contribution in [2.75, 3.05) is 13.1 Å². The molecule has 1 heterocycles. The van der Waals surface area contributed by atoms with Crippen LogP contribution in [0, 0.1) is 5.41 Å². The van der Waals surface area contributed by atoms with Crippen LogP contribution in [-0.4, -0.2) is 29.9 Å². The minimum absolute atomic E-state index is 0.345. The van der Waals surface area contributed by atoms with Crippen molar-refractivity contribution in [2.45, 2.75) is 13.3 Å². The van der Waals surface area contributed by atoms with Crippen LogP contribution in [0.3, 0.4) is 0 Å². The number of rotatable bonds is 1. The minimum atomic E-state index is -0.588. The lowest BCUT2D eigenvalue weighted by atomic mass is 9.89. The van der Waals surface area contributed by atoms with Gasteiger partial charge < -0.3 is 16.4 Å². The van der Waals surface area contributed by atoms with Gasteiger partial charge in [-0.15, -0.1) is 0 Å². The van der Waals surface area contributed by atoms with E-state index in [0.29, 0.717) is 19.5 Å². The highest BCUT2D eigenvalue weighted by atomic mass is 16.2. The summed E-state index contributed by atoms with van der Waals surface area (Å²) in [5.41, 5.74) is 9.64. The molecular formula is C7H13N3O2. The number of urea groups is 1. The first-order valence-corrected chi connectivity index (χ1v) is 3.80. The monoisotopic (exact) mass is 171 g/mol. The second-order valence-corrected chi connectivity index (χ2v) is 3.43. The number of carbonyl (C=O) groups is 2. The van der Waals surface area contributed by atoms with Gasteiger partial charge in [0, 0.05) is 13.1 Å². The van der Waals surface area contributed by atoms with Gasteiger partial charge in [-0.25, -0.2) is 4.79 Å². The molecule has 0 bridgehead atoms. The SMILES string of the molecule is CC1(C(N)=O)CCN(C(N)=O)C1. The van der Waals surface area contributed by atoms with E-state index in [9.17, 15) is 9.59 Å². The fraction of sp³-hybridized carbons (Fsp3) is 0.714. The fourth-order valence-electron chi connectivity index (χ4n) is 1.35. The second-order valence-electron chi connectivity index (χ2n) is 3.43. The minimum Gasteiger partial charge on any atom is -0.369 e. The molecule has 1 atom stereocenters. The molecule has 68 valence electrons. The molecular weight excluding hydrogens is 158 g/mol. The Labute approximate surface area is 70.7 Å². The van der Waals surface area contributed by atoms with E-state index < -0.39 is 11.4 Å². The van der Waals surface area contributed by atoms with Crippen molar-refractivity contribution < 1.29 is 9.59 Å². The van der Waals surface area contributed by atoms with Crippen LogP contribution in [0.4, 0.5) is 4.79 Å². The number of amides is 3. The number of likely N-dealkylation sites (tertiary alicyclic amines) is 1. The van der Waals surface area contributed by atoms with Crippen molar-refractivity contribution in [1.82, 2.24) is 4.90 Å². The maximum absolute atomic E-state index is 10.9. The van der Waals surface area contributed by atoms with Gasteiger partial charge >= 0.3 is 6.03 Å². The van der Waals surface area contributed by atoms with Crippen molar-refractivity contribution >= 4 is 11.9 Å². The molecule has 1 unspecified atom stereocenters. The summed E-state index contributed by atoms with van der Waals surface area (Å²) in [6.45, 7) is 2.62. The van der Waals surface area contributed by atoms with Crippen molar-refractivity contribution in [3.63, 3.8) is 0 Å². The van der Waals surface area contributed by atoms with Crippen LogP contribution in [0.25, 0.3) is 0 Å². The van der Waals surface area contributed by atoms with Gasteiger partial charge in [0.15, 0.2) is 0 Å². The molecule has 1 rings (SSSR count). The molecule has 1 aliphatic rings. The van der Waals surface area contributed by atoms with Gasteiger partial charge in [-0.05, 0) is 13.3 Å². The predicted octanol–water partition coefficient (Wildman–Crippen LogP) is -0.738. The summed E-state index contributed by atoms with van der Waals surface area (Å²) in [5.74, 6) is -0.369. The molecule has 0 aliphatic carbocycles. The van der Waals surface area contributed by atoms with Crippen LogP contribution in [-0.2, 0) is 4.79 Å². The van der Waals surface area contributed by atoms with Crippen LogP contribution in [0.5, 0.6) is 0 Å². The molecule has 5 heteroatoms. The standard InChI is InChI=1S/C7H13N3O2/c1-7(5(8)11)2-3-10(4-7)6(9)12/h2-4H2,1H3,(H2,8,11)(H2,9,12). The Hall–Kier alpha value is -1.26. The van der Waals surface area contributed by atoms with Crippen LogP contribution in [0.1, 0.15) is 13.3 Å². The zero-order chi connectivity index (χ0) is 9.35. The molecule has 0 radical (unpaired) electrons. The summed E-state index contributed by atoms with van der Waals surface area (Å²) in [6.07, 6.45) is 0.602. The van der Waals surface area contributed by atoms with Gasteiger partial charge in [0.05, 0.1) is 5.41 Å². The Bertz CT molecular complexity index is 229. The van der Waals surface area contributed by atoms with Crippen LogP contribution < -0.4 is 11.5 Å². The van der Waals surface area contributed by atoms with E-state index in [1.165, 1.54) is 4.90 Å². The zero-order valence-electron chi connectivity index (χ0n) is 7.04. The number of nitrogens with zero attached hydrogens (tertiary/aromatic N) is 1. The highest BCUT2D eigenvalue weighted by Crippen LogP contribution is 2.28. The van der Waals surface area contributed by atoms with E-state index in [2.05, 4.69) is 0 Å². The Morgan fingerprint density at radius 3 is 2.25 bits per heavy atom. The largest absolute Gasteiger partial charge is 0.369 e. The summed E-state index contributed by atoms with van der Waals surface area (Å²) in [4.78, 5) is 23.1. The van der Waals surface area contributed by atoms with Gasteiger partial charge in [0.25, 0.3) is 0 Å². The number of primary amides is 2. The average molecular weight is 171 g/mol. The predicted molar refractivity (Wildman–Crippen MR) is 43.1 cm³/mol. The van der Waals surface area contributed by atoms with E-state index in [-0.39, 0.29) is 5.91 Å². The molecule has 0 saturated carbocycles. The molecule has 12 heavy (non-hydrogen) atoms. The lowest BCUT2D eigenvalue weighted by Gasteiger charge is -2.19. The molecule has 0 aromatic carbocycles. The van der Waals surface area contributed by atoms with Crippen LogP contribution in [0.2, 0.25) is 0 Å². The zero-order valence-corrected chi connectivity index (χ0v) is 7.04. The molecule has 4 N–H and O–H groups in total. The van der Waals surface area contributed by atoms with Crippen LogP contribution in [0.15, 0.2) is 0 Å². The lowest BCUT2D eigenvalue weighted by molar-refractivity contribution is -0.126. The molecule has 1 fully saturated rings. The normalized spacial score (nSPS) is 28.9. The summed E-state index contributed by atoms with van der Waals surface area (Å²) in [7, 11) is 0. The van der Waals surface area contributed by atoms with E-state index >= 15 is 0 Å². The Morgan fingerprint density at radius 2 is 2.00 bits per heavy atom. The van der Waals surface area contributed by atoms with Crippen molar-refractivity contribution in [3.05, 3.63) is 0 Å². The molecule has 1 saturated heterocycles. The molecule has 5 nitrogen and oxygen atoms in total. The molecule has 0 aromatic rings. The smallest absolute Gasteiger partial charge is 0.314 e. The van der Waals surface area contributed by atoms with Crippen molar-refractivity contribution in [3.8, 4) is 0 Å². The Balaban J connectivity index is 2.67. The summed E-state index contributed by atoms with van der Waals surface area (Å²) < 4.78 is 0. The molecule has 1 aliphatic heterocycles. The third-order valence-electron chi connectivity index (χ3n) is 2.38. The Morgan fingerprint density at radius 1 is 1.42 bits per heavy atom. The third kappa shape index (κ3) is 1.34. The second kappa shape index (κ2) is 2.66. The van der Waals surface area contributed by atoms with Gasteiger partial charge in [0.1, 0.15) is 0 Å². The van der Waals surface area contributed by atoms with E-state index in [1.54, 1.807) is 6.92 Å². The van der Waals surface area contributed by atoms with Crippen LogP contribution >= 0.6 is 0 Å². The maximum atomic E-state index is 10.9. The lowest BCUT2D eigenvalue weighted by Crippen LogP contribution is -2.40. The number of hydrogen-bond acceptors (Lipinski definition) is 2. The van der Waals surface area contributed by atoms with E-state index in [0.717, 1.165) is 0 Å². The highest BCUT2D eigenvalue weighted by molar-refractivity contribution is 5.82. The maximum Gasteiger partial charge on any atom is 0.314 e.